The Kier molecular flexibility index (Phi) is 3.18. The fourth-order valence-electron chi connectivity index (χ4n) is 1.71. The fourth-order valence-corrected chi connectivity index (χ4v) is 1.71. The van der Waals surface area contributed by atoms with Gasteiger partial charge >= 0.3 is 0 Å². The highest BCUT2D eigenvalue weighted by atomic mass is 16.5. The smallest absolute Gasteiger partial charge is 0.132 e. The van der Waals surface area contributed by atoms with Crippen LogP contribution in [0.15, 0.2) is 55.1 Å². The molecular weight excluding hydrogens is 240 g/mol. The number of imidazole rings is 1. The van der Waals surface area contributed by atoms with E-state index in [0.29, 0.717) is 6.61 Å². The van der Waals surface area contributed by atoms with E-state index in [0.717, 1.165) is 22.7 Å². The monoisotopic (exact) mass is 252 g/mol. The number of hydrogen-bond donors (Lipinski definition) is 1. The van der Waals surface area contributed by atoms with Crippen molar-refractivity contribution >= 4 is 0 Å². The van der Waals surface area contributed by atoms with Gasteiger partial charge in [-0.15, -0.1) is 0 Å². The van der Waals surface area contributed by atoms with Crippen LogP contribution in [0.2, 0.25) is 0 Å². The first-order valence-corrected chi connectivity index (χ1v) is 5.90. The Balaban J connectivity index is 1.67. The van der Waals surface area contributed by atoms with Crippen molar-refractivity contribution in [3.8, 4) is 17.0 Å². The van der Waals surface area contributed by atoms with Gasteiger partial charge in [0, 0.05) is 18.0 Å². The van der Waals surface area contributed by atoms with Crippen molar-refractivity contribution < 1.29 is 4.74 Å². The number of rotatable bonds is 4. The molecule has 1 N–H and O–H groups in total. The molecule has 0 fully saturated rings. The molecule has 0 atom stereocenters. The molecule has 1 aromatic carbocycles. The second kappa shape index (κ2) is 5.30. The molecule has 3 rings (SSSR count). The molecule has 0 unspecified atom stereocenters. The van der Waals surface area contributed by atoms with Crippen LogP contribution in [-0.4, -0.2) is 20.2 Å². The first kappa shape index (κ1) is 11.4. The zero-order valence-corrected chi connectivity index (χ0v) is 10.2. The van der Waals surface area contributed by atoms with E-state index in [1.165, 1.54) is 0 Å². The van der Waals surface area contributed by atoms with Gasteiger partial charge in [0.05, 0.1) is 12.0 Å². The van der Waals surface area contributed by atoms with Crippen LogP contribution in [0.25, 0.3) is 11.3 Å². The van der Waals surface area contributed by atoms with Gasteiger partial charge in [-0.05, 0) is 36.4 Å². The number of nitrogens with zero attached hydrogens (tertiary/aromatic N) is 3. The van der Waals surface area contributed by atoms with Gasteiger partial charge in [0.25, 0.3) is 0 Å². The lowest BCUT2D eigenvalue weighted by Gasteiger charge is -2.05. The van der Waals surface area contributed by atoms with Crippen molar-refractivity contribution in [2.24, 2.45) is 0 Å². The summed E-state index contributed by atoms with van der Waals surface area (Å²) >= 11 is 0. The van der Waals surface area contributed by atoms with E-state index in [2.05, 4.69) is 20.2 Å². The normalized spacial score (nSPS) is 10.3. The molecule has 0 aliphatic carbocycles. The van der Waals surface area contributed by atoms with Gasteiger partial charge in [-0.25, -0.2) is 4.98 Å². The highest BCUT2D eigenvalue weighted by molar-refractivity contribution is 5.58. The van der Waals surface area contributed by atoms with E-state index in [-0.39, 0.29) is 0 Å². The molecule has 3 aromatic rings. The standard InChI is InChI=1S/C14H12N4O/c1-2-12(18-17-7-1)9-19-13-5-3-11(4-6-13)14-8-15-10-16-14/h1-8,10H,9H2,(H,15,16). The molecule has 0 aliphatic heterocycles. The van der Waals surface area contributed by atoms with Gasteiger partial charge in [0.2, 0.25) is 0 Å². The maximum absolute atomic E-state index is 5.63. The third-order valence-corrected chi connectivity index (χ3v) is 2.66. The van der Waals surface area contributed by atoms with Crippen LogP contribution >= 0.6 is 0 Å². The van der Waals surface area contributed by atoms with Crippen LogP contribution in [0.3, 0.4) is 0 Å². The maximum Gasteiger partial charge on any atom is 0.132 e. The van der Waals surface area contributed by atoms with Gasteiger partial charge in [-0.2, -0.15) is 10.2 Å². The van der Waals surface area contributed by atoms with Crippen molar-refractivity contribution in [3.63, 3.8) is 0 Å². The molecule has 0 aliphatic rings. The lowest BCUT2D eigenvalue weighted by molar-refractivity contribution is 0.300. The number of nitrogens with one attached hydrogen (secondary N) is 1. The molecule has 0 radical (unpaired) electrons. The average Bonchev–Trinajstić information content (AvgIpc) is 3.01. The Labute approximate surface area is 110 Å². The van der Waals surface area contributed by atoms with Crippen molar-refractivity contribution in [3.05, 3.63) is 60.8 Å². The van der Waals surface area contributed by atoms with Gasteiger partial charge in [-0.3, -0.25) is 0 Å². The summed E-state index contributed by atoms with van der Waals surface area (Å²) in [4.78, 5) is 7.13. The van der Waals surface area contributed by atoms with Crippen LogP contribution < -0.4 is 4.74 Å². The molecule has 0 bridgehead atoms. The minimum Gasteiger partial charge on any atom is -0.487 e. The molecule has 0 spiro atoms. The van der Waals surface area contributed by atoms with E-state index in [1.54, 1.807) is 12.5 Å². The summed E-state index contributed by atoms with van der Waals surface area (Å²) in [6, 6.07) is 11.5. The lowest BCUT2D eigenvalue weighted by Crippen LogP contribution is -1.98. The molecule has 2 aromatic heterocycles. The van der Waals surface area contributed by atoms with Gasteiger partial charge in [0.1, 0.15) is 18.1 Å². The van der Waals surface area contributed by atoms with Crippen molar-refractivity contribution in [1.29, 1.82) is 0 Å². The highest BCUT2D eigenvalue weighted by Gasteiger charge is 2.01. The number of H-pyrrole nitrogens is 1. The summed E-state index contributed by atoms with van der Waals surface area (Å²) in [5, 5.41) is 7.77. The predicted octanol–water partition coefficient (Wildman–Crippen LogP) is 2.45. The van der Waals surface area contributed by atoms with E-state index in [4.69, 9.17) is 4.74 Å². The third-order valence-electron chi connectivity index (χ3n) is 2.66. The Hall–Kier alpha value is -2.69. The summed E-state index contributed by atoms with van der Waals surface area (Å²) in [7, 11) is 0. The van der Waals surface area contributed by atoms with Crippen molar-refractivity contribution in [2.45, 2.75) is 6.61 Å². The Morgan fingerprint density at radius 2 is 2.00 bits per heavy atom. The number of aromatic amines is 1. The summed E-state index contributed by atoms with van der Waals surface area (Å²) in [5.74, 6) is 0.796. The zero-order valence-electron chi connectivity index (χ0n) is 10.2. The van der Waals surface area contributed by atoms with Gasteiger partial charge in [0.15, 0.2) is 0 Å². The average molecular weight is 252 g/mol. The molecule has 5 heteroatoms. The number of benzene rings is 1. The topological polar surface area (TPSA) is 63.7 Å². The second-order valence-electron chi connectivity index (χ2n) is 3.98. The Morgan fingerprint density at radius 3 is 2.68 bits per heavy atom. The van der Waals surface area contributed by atoms with Gasteiger partial charge < -0.3 is 9.72 Å². The van der Waals surface area contributed by atoms with Crippen LogP contribution in [0.5, 0.6) is 5.75 Å². The van der Waals surface area contributed by atoms with E-state index in [9.17, 15) is 0 Å². The zero-order chi connectivity index (χ0) is 12.9. The lowest BCUT2D eigenvalue weighted by atomic mass is 10.2. The quantitative estimate of drug-likeness (QED) is 0.774. The summed E-state index contributed by atoms with van der Waals surface area (Å²) < 4.78 is 5.63. The number of aromatic nitrogens is 4. The molecule has 0 saturated heterocycles. The molecule has 94 valence electrons. The summed E-state index contributed by atoms with van der Waals surface area (Å²) in [6.45, 7) is 0.412. The molecular formula is C14H12N4O. The molecule has 0 amide bonds. The van der Waals surface area contributed by atoms with E-state index < -0.39 is 0 Å². The first-order chi connectivity index (χ1) is 9.42. The third kappa shape index (κ3) is 2.77. The van der Waals surface area contributed by atoms with Crippen LogP contribution in [0, 0.1) is 0 Å². The Morgan fingerprint density at radius 1 is 1.11 bits per heavy atom. The maximum atomic E-state index is 5.63. The molecule has 2 heterocycles. The molecule has 5 nitrogen and oxygen atoms in total. The van der Waals surface area contributed by atoms with E-state index >= 15 is 0 Å². The SMILES string of the molecule is c1cnnc(COc2ccc(-c3c[nH]cn3)cc2)c1. The van der Waals surface area contributed by atoms with Crippen LogP contribution in [0.4, 0.5) is 0 Å². The second-order valence-corrected chi connectivity index (χ2v) is 3.98. The minimum absolute atomic E-state index is 0.412. The highest BCUT2D eigenvalue weighted by Crippen LogP contribution is 2.20. The van der Waals surface area contributed by atoms with Crippen LogP contribution in [-0.2, 0) is 6.61 Å². The largest absolute Gasteiger partial charge is 0.487 e. The minimum atomic E-state index is 0.412. The van der Waals surface area contributed by atoms with Gasteiger partial charge in [-0.1, -0.05) is 0 Å². The summed E-state index contributed by atoms with van der Waals surface area (Å²) in [6.07, 6.45) is 5.16. The Bertz CT molecular complexity index is 620. The first-order valence-electron chi connectivity index (χ1n) is 5.90. The van der Waals surface area contributed by atoms with E-state index in [1.807, 2.05) is 42.6 Å². The molecule has 19 heavy (non-hydrogen) atoms. The predicted molar refractivity (Wildman–Crippen MR) is 70.4 cm³/mol. The van der Waals surface area contributed by atoms with Crippen molar-refractivity contribution in [2.75, 3.05) is 0 Å². The summed E-state index contributed by atoms with van der Waals surface area (Å²) in [5.41, 5.74) is 2.77. The molecule has 0 saturated carbocycles. The number of hydrogen-bond acceptors (Lipinski definition) is 4. The number of ether oxygens (including phenoxy) is 1. The van der Waals surface area contributed by atoms with Crippen molar-refractivity contribution in [1.82, 2.24) is 20.2 Å². The van der Waals surface area contributed by atoms with Crippen LogP contribution in [0.1, 0.15) is 5.69 Å². The fraction of sp³-hybridized carbons (Fsp3) is 0.0714.